The summed E-state index contributed by atoms with van der Waals surface area (Å²) in [5.74, 6) is 0.349. The molecule has 1 heterocycles. The van der Waals surface area contributed by atoms with E-state index in [0.29, 0.717) is 0 Å². The monoisotopic (exact) mass is 363 g/mol. The number of carbonyl (C=O) groups is 2. The molecule has 1 unspecified atom stereocenters. The van der Waals surface area contributed by atoms with Crippen LogP contribution in [0.2, 0.25) is 0 Å². The number of rotatable bonds is 5. The van der Waals surface area contributed by atoms with Crippen LogP contribution in [0.1, 0.15) is 30.0 Å². The molecule has 1 aliphatic carbocycles. The zero-order valence-electron chi connectivity index (χ0n) is 15.8. The van der Waals surface area contributed by atoms with Gasteiger partial charge in [0.25, 0.3) is 0 Å². The molecule has 0 bridgehead atoms. The first-order valence-corrected chi connectivity index (χ1v) is 9.51. The fraction of sp³-hybridized carbons (Fsp3) is 0.364. The second-order valence-electron chi connectivity index (χ2n) is 7.62. The maximum Gasteiger partial charge on any atom is 0.246 e. The Morgan fingerprint density at radius 3 is 2.52 bits per heavy atom. The van der Waals surface area contributed by atoms with Gasteiger partial charge in [0.2, 0.25) is 11.8 Å². The van der Waals surface area contributed by atoms with Gasteiger partial charge in [-0.2, -0.15) is 0 Å². The van der Waals surface area contributed by atoms with Crippen LogP contribution < -0.4 is 10.2 Å². The predicted octanol–water partition coefficient (Wildman–Crippen LogP) is 3.23. The van der Waals surface area contributed by atoms with Crippen LogP contribution in [-0.2, 0) is 16.0 Å². The van der Waals surface area contributed by atoms with E-state index in [0.717, 1.165) is 42.7 Å². The molecule has 0 aromatic heterocycles. The number of carbonyl (C=O) groups excluding carboxylic acids is 2. The third kappa shape index (κ3) is 3.60. The van der Waals surface area contributed by atoms with Crippen molar-refractivity contribution in [3.8, 4) is 0 Å². The number of benzene rings is 2. The Balaban J connectivity index is 1.55. The highest BCUT2D eigenvalue weighted by atomic mass is 16.2. The topological polar surface area (TPSA) is 52.7 Å². The molecule has 1 saturated carbocycles. The van der Waals surface area contributed by atoms with Gasteiger partial charge in [-0.25, -0.2) is 0 Å². The van der Waals surface area contributed by atoms with Crippen LogP contribution in [0.15, 0.2) is 48.5 Å². The Labute approximate surface area is 160 Å². The molecular weight excluding hydrogens is 338 g/mol. The van der Waals surface area contributed by atoms with Crippen molar-refractivity contribution >= 4 is 23.2 Å². The minimum absolute atomic E-state index is 0.0794. The molecule has 27 heavy (non-hydrogen) atoms. The van der Waals surface area contributed by atoms with E-state index in [-0.39, 0.29) is 23.8 Å². The van der Waals surface area contributed by atoms with Gasteiger partial charge in [-0.05, 0) is 56.6 Å². The minimum Gasteiger partial charge on any atom is -0.324 e. The van der Waals surface area contributed by atoms with Crippen LogP contribution in [0.5, 0.6) is 0 Å². The second kappa shape index (κ2) is 7.16. The normalized spacial score (nSPS) is 16.9. The summed E-state index contributed by atoms with van der Waals surface area (Å²) >= 11 is 0. The SMILES string of the molecule is CN(C)C(C(=O)Nc1ccc2c(c1)N(C(=O)C1CC1)CC2)c1ccccc1. The van der Waals surface area contributed by atoms with Gasteiger partial charge in [-0.3, -0.25) is 14.5 Å². The fourth-order valence-electron chi connectivity index (χ4n) is 3.77. The van der Waals surface area contributed by atoms with Crippen molar-refractivity contribution in [2.45, 2.75) is 25.3 Å². The molecule has 5 nitrogen and oxygen atoms in total. The Morgan fingerprint density at radius 2 is 1.85 bits per heavy atom. The number of hydrogen-bond acceptors (Lipinski definition) is 3. The molecule has 4 rings (SSSR count). The Bertz CT molecular complexity index is 859. The summed E-state index contributed by atoms with van der Waals surface area (Å²) < 4.78 is 0. The smallest absolute Gasteiger partial charge is 0.246 e. The van der Waals surface area contributed by atoms with Gasteiger partial charge in [0.15, 0.2) is 0 Å². The highest BCUT2D eigenvalue weighted by molar-refractivity contribution is 6.00. The summed E-state index contributed by atoms with van der Waals surface area (Å²) in [7, 11) is 3.80. The summed E-state index contributed by atoms with van der Waals surface area (Å²) in [4.78, 5) is 29.3. The lowest BCUT2D eigenvalue weighted by Crippen LogP contribution is -2.32. The quantitative estimate of drug-likeness (QED) is 0.887. The number of anilines is 2. The van der Waals surface area contributed by atoms with E-state index in [1.165, 1.54) is 5.56 Å². The number of hydrogen-bond donors (Lipinski definition) is 1. The Hall–Kier alpha value is -2.66. The van der Waals surface area contributed by atoms with Gasteiger partial charge < -0.3 is 10.2 Å². The van der Waals surface area contributed by atoms with Gasteiger partial charge in [0.05, 0.1) is 0 Å². The molecule has 2 aromatic rings. The molecule has 1 fully saturated rings. The fourth-order valence-corrected chi connectivity index (χ4v) is 3.77. The molecular formula is C22H25N3O2. The first-order valence-electron chi connectivity index (χ1n) is 9.51. The van der Waals surface area contributed by atoms with Crippen LogP contribution in [0.25, 0.3) is 0 Å². The van der Waals surface area contributed by atoms with E-state index in [1.807, 2.05) is 72.4 Å². The van der Waals surface area contributed by atoms with Gasteiger partial charge in [-0.1, -0.05) is 36.4 Å². The zero-order valence-corrected chi connectivity index (χ0v) is 15.8. The lowest BCUT2D eigenvalue weighted by Gasteiger charge is -2.24. The van der Waals surface area contributed by atoms with Crippen molar-refractivity contribution in [3.63, 3.8) is 0 Å². The first kappa shape index (κ1) is 17.7. The van der Waals surface area contributed by atoms with Crippen LogP contribution in [0.3, 0.4) is 0 Å². The molecule has 2 aliphatic rings. The van der Waals surface area contributed by atoms with E-state index in [1.54, 1.807) is 0 Å². The largest absolute Gasteiger partial charge is 0.324 e. The zero-order chi connectivity index (χ0) is 19.0. The van der Waals surface area contributed by atoms with E-state index in [4.69, 9.17) is 0 Å². The summed E-state index contributed by atoms with van der Waals surface area (Å²) in [5.41, 5.74) is 3.81. The Kier molecular flexibility index (Phi) is 4.70. The van der Waals surface area contributed by atoms with Crippen molar-refractivity contribution < 1.29 is 9.59 Å². The second-order valence-corrected chi connectivity index (χ2v) is 7.62. The van der Waals surface area contributed by atoms with Crippen LogP contribution >= 0.6 is 0 Å². The standard InChI is InChI=1S/C22H25N3O2/c1-24(2)20(16-6-4-3-5-7-16)21(26)23-18-11-10-15-12-13-25(19(15)14-18)22(27)17-8-9-17/h3-7,10-11,14,17,20H,8-9,12-13H2,1-2H3,(H,23,26). The maximum atomic E-state index is 13.0. The van der Waals surface area contributed by atoms with Crippen molar-refractivity contribution in [1.29, 1.82) is 0 Å². The van der Waals surface area contributed by atoms with Crippen molar-refractivity contribution in [2.24, 2.45) is 5.92 Å². The molecule has 2 amide bonds. The molecule has 5 heteroatoms. The Morgan fingerprint density at radius 1 is 1.11 bits per heavy atom. The third-order valence-corrected chi connectivity index (χ3v) is 5.32. The molecule has 1 atom stereocenters. The lowest BCUT2D eigenvalue weighted by atomic mass is 10.0. The minimum atomic E-state index is -0.372. The van der Waals surface area contributed by atoms with E-state index in [2.05, 4.69) is 5.32 Å². The number of fused-ring (bicyclic) bond motifs is 1. The number of amides is 2. The van der Waals surface area contributed by atoms with Crippen molar-refractivity contribution in [2.75, 3.05) is 30.9 Å². The summed E-state index contributed by atoms with van der Waals surface area (Å²) in [5, 5.41) is 3.04. The summed E-state index contributed by atoms with van der Waals surface area (Å²) in [6.45, 7) is 0.742. The third-order valence-electron chi connectivity index (χ3n) is 5.32. The van der Waals surface area contributed by atoms with E-state index < -0.39 is 0 Å². The lowest BCUT2D eigenvalue weighted by molar-refractivity contribution is -0.121. The summed E-state index contributed by atoms with van der Waals surface area (Å²) in [6.07, 6.45) is 2.89. The average Bonchev–Trinajstić information content (AvgIpc) is 3.42. The van der Waals surface area contributed by atoms with Crippen molar-refractivity contribution in [3.05, 3.63) is 59.7 Å². The summed E-state index contributed by atoms with van der Waals surface area (Å²) in [6, 6.07) is 15.3. The van der Waals surface area contributed by atoms with E-state index >= 15 is 0 Å². The number of nitrogens with zero attached hydrogens (tertiary/aromatic N) is 2. The van der Waals surface area contributed by atoms with Crippen LogP contribution in [0, 0.1) is 5.92 Å². The molecule has 2 aromatic carbocycles. The average molecular weight is 363 g/mol. The van der Waals surface area contributed by atoms with Gasteiger partial charge in [0, 0.05) is 23.8 Å². The maximum absolute atomic E-state index is 13.0. The number of nitrogens with one attached hydrogen (secondary N) is 1. The molecule has 0 saturated heterocycles. The molecule has 1 N–H and O–H groups in total. The van der Waals surface area contributed by atoms with E-state index in [9.17, 15) is 9.59 Å². The van der Waals surface area contributed by atoms with Gasteiger partial charge in [-0.15, -0.1) is 0 Å². The first-order chi connectivity index (χ1) is 13.0. The molecule has 0 spiro atoms. The van der Waals surface area contributed by atoms with Crippen LogP contribution in [-0.4, -0.2) is 37.4 Å². The molecule has 140 valence electrons. The van der Waals surface area contributed by atoms with Crippen molar-refractivity contribution in [1.82, 2.24) is 4.90 Å². The molecule has 1 aliphatic heterocycles. The number of likely N-dealkylation sites (N-methyl/N-ethyl adjacent to an activating group) is 1. The predicted molar refractivity (Wildman–Crippen MR) is 107 cm³/mol. The van der Waals surface area contributed by atoms with Gasteiger partial charge in [0.1, 0.15) is 6.04 Å². The highest BCUT2D eigenvalue weighted by Crippen LogP contribution is 2.37. The highest BCUT2D eigenvalue weighted by Gasteiger charge is 2.36. The van der Waals surface area contributed by atoms with Crippen LogP contribution in [0.4, 0.5) is 11.4 Å². The van der Waals surface area contributed by atoms with Gasteiger partial charge >= 0.3 is 0 Å². The molecule has 0 radical (unpaired) electrons.